The first-order chi connectivity index (χ1) is 16.8. The van der Waals surface area contributed by atoms with E-state index >= 15 is 0 Å². The molecule has 4 saturated carbocycles. The van der Waals surface area contributed by atoms with Gasteiger partial charge in [-0.3, -0.25) is 9.59 Å². The Morgan fingerprint density at radius 3 is 2.23 bits per heavy atom. The average molecular weight is 500 g/mol. The van der Waals surface area contributed by atoms with E-state index in [9.17, 15) is 18.0 Å². The zero-order valence-electron chi connectivity index (χ0n) is 20.4. The molecule has 8 heteroatoms. The summed E-state index contributed by atoms with van der Waals surface area (Å²) in [5, 5.41) is 6.04. The molecule has 4 bridgehead atoms. The SMILES string of the molecule is C=CC(=O)NC1CCCN(S(=O)(=O)c2ccc(C(=O)NCC34CC5CC(CC(C5)C3)C4)cc2)CC1. The maximum absolute atomic E-state index is 13.2. The molecule has 1 aromatic rings. The number of sulfonamides is 1. The van der Waals surface area contributed by atoms with Crippen molar-refractivity contribution in [1.29, 1.82) is 0 Å². The fourth-order valence-electron chi connectivity index (χ4n) is 7.52. The fourth-order valence-corrected chi connectivity index (χ4v) is 9.01. The molecule has 2 N–H and O–H groups in total. The van der Waals surface area contributed by atoms with E-state index < -0.39 is 10.0 Å². The van der Waals surface area contributed by atoms with E-state index in [1.807, 2.05) is 0 Å². The summed E-state index contributed by atoms with van der Waals surface area (Å²) >= 11 is 0. The van der Waals surface area contributed by atoms with E-state index in [0.29, 0.717) is 31.5 Å². The van der Waals surface area contributed by atoms with Crippen LogP contribution in [-0.2, 0) is 14.8 Å². The van der Waals surface area contributed by atoms with Gasteiger partial charge >= 0.3 is 0 Å². The molecular weight excluding hydrogens is 462 g/mol. The van der Waals surface area contributed by atoms with Gasteiger partial charge in [-0.15, -0.1) is 0 Å². The summed E-state index contributed by atoms with van der Waals surface area (Å²) < 4.78 is 27.9. The molecule has 1 unspecified atom stereocenters. The third-order valence-corrected chi connectivity index (χ3v) is 10.7. The second-order valence-corrected chi connectivity index (χ2v) is 13.3. The topological polar surface area (TPSA) is 95.6 Å². The quantitative estimate of drug-likeness (QED) is 0.562. The van der Waals surface area contributed by atoms with E-state index in [1.165, 1.54) is 61.0 Å². The molecule has 6 rings (SSSR count). The number of nitrogens with zero attached hydrogens (tertiary/aromatic N) is 1. The molecule has 5 aliphatic rings. The van der Waals surface area contributed by atoms with Gasteiger partial charge in [0.05, 0.1) is 4.90 Å². The van der Waals surface area contributed by atoms with Gasteiger partial charge in [0.25, 0.3) is 5.91 Å². The van der Waals surface area contributed by atoms with E-state index in [4.69, 9.17) is 0 Å². The monoisotopic (exact) mass is 499 g/mol. The summed E-state index contributed by atoms with van der Waals surface area (Å²) in [5.74, 6) is 2.17. The van der Waals surface area contributed by atoms with Crippen molar-refractivity contribution >= 4 is 21.8 Å². The maximum atomic E-state index is 13.2. The summed E-state index contributed by atoms with van der Waals surface area (Å²) in [6, 6.07) is 6.26. The number of hydrogen-bond donors (Lipinski definition) is 2. The van der Waals surface area contributed by atoms with Gasteiger partial charge in [0, 0.05) is 31.2 Å². The largest absolute Gasteiger partial charge is 0.351 e. The van der Waals surface area contributed by atoms with Crippen LogP contribution in [-0.4, -0.2) is 50.2 Å². The van der Waals surface area contributed by atoms with Crippen LogP contribution in [0.3, 0.4) is 0 Å². The molecule has 35 heavy (non-hydrogen) atoms. The molecule has 2 amide bonds. The Hall–Kier alpha value is -2.19. The lowest BCUT2D eigenvalue weighted by Crippen LogP contribution is -2.51. The van der Waals surface area contributed by atoms with Crippen LogP contribution in [0.15, 0.2) is 41.8 Å². The second kappa shape index (κ2) is 9.69. The molecule has 0 aromatic heterocycles. The van der Waals surface area contributed by atoms with Crippen LogP contribution in [0, 0.1) is 23.2 Å². The Morgan fingerprint density at radius 1 is 1.00 bits per heavy atom. The fraction of sp³-hybridized carbons (Fsp3) is 0.630. The molecular formula is C27H37N3O4S. The second-order valence-electron chi connectivity index (χ2n) is 11.4. The van der Waals surface area contributed by atoms with Gasteiger partial charge in [0.2, 0.25) is 15.9 Å². The van der Waals surface area contributed by atoms with E-state index in [1.54, 1.807) is 12.1 Å². The lowest BCUT2D eigenvalue weighted by atomic mass is 9.49. The van der Waals surface area contributed by atoms with E-state index in [-0.39, 0.29) is 28.2 Å². The normalized spacial score (nSPS) is 32.6. The lowest BCUT2D eigenvalue weighted by molar-refractivity contribution is -0.117. The van der Waals surface area contributed by atoms with Gasteiger partial charge in [-0.05, 0) is 111 Å². The minimum absolute atomic E-state index is 0.0549. The Kier molecular flexibility index (Phi) is 6.79. The Morgan fingerprint density at radius 2 is 1.63 bits per heavy atom. The molecule has 4 aliphatic carbocycles. The first-order valence-corrected chi connectivity index (χ1v) is 14.5. The van der Waals surface area contributed by atoms with Gasteiger partial charge in [-0.2, -0.15) is 4.31 Å². The molecule has 1 aromatic carbocycles. The average Bonchev–Trinajstić information content (AvgIpc) is 3.08. The van der Waals surface area contributed by atoms with Gasteiger partial charge < -0.3 is 10.6 Å². The van der Waals surface area contributed by atoms with Gasteiger partial charge in [-0.1, -0.05) is 6.58 Å². The number of hydrogen-bond acceptors (Lipinski definition) is 4. The number of carbonyl (C=O) groups is 2. The zero-order chi connectivity index (χ0) is 24.6. The highest BCUT2D eigenvalue weighted by atomic mass is 32.2. The molecule has 1 atom stereocenters. The van der Waals surface area contributed by atoms with Crippen molar-refractivity contribution < 1.29 is 18.0 Å². The van der Waals surface area contributed by atoms with Gasteiger partial charge in [-0.25, -0.2) is 8.42 Å². The summed E-state index contributed by atoms with van der Waals surface area (Å²) in [6.07, 6.45) is 11.1. The highest BCUT2D eigenvalue weighted by molar-refractivity contribution is 7.89. The highest BCUT2D eigenvalue weighted by Crippen LogP contribution is 2.59. The standard InChI is InChI=1S/C27H37N3O4S/c1-2-25(31)29-23-4-3-10-30(11-9-23)35(33,34)24-7-5-22(6-8-24)26(32)28-18-27-15-19-12-20(16-27)14-21(13-19)17-27/h2,5-8,19-21,23H,1,3-4,9-18H2,(H,28,32)(H,29,31). The van der Waals surface area contributed by atoms with Gasteiger partial charge in [0.1, 0.15) is 0 Å². The Labute approximate surface area is 208 Å². The van der Waals surface area contributed by atoms with Crippen molar-refractivity contribution in [1.82, 2.24) is 14.9 Å². The lowest BCUT2D eigenvalue weighted by Gasteiger charge is -2.56. The first-order valence-electron chi connectivity index (χ1n) is 13.1. The van der Waals surface area contributed by atoms with Crippen LogP contribution in [0.4, 0.5) is 0 Å². The highest BCUT2D eigenvalue weighted by Gasteiger charge is 2.50. The summed E-state index contributed by atoms with van der Waals surface area (Å²) in [6.45, 7) is 4.96. The van der Waals surface area contributed by atoms with Crippen molar-refractivity contribution in [3.8, 4) is 0 Å². The summed E-state index contributed by atoms with van der Waals surface area (Å²) in [5.41, 5.74) is 0.764. The van der Waals surface area contributed by atoms with Crippen molar-refractivity contribution in [2.24, 2.45) is 23.2 Å². The van der Waals surface area contributed by atoms with Crippen LogP contribution in [0.1, 0.15) is 68.1 Å². The van der Waals surface area contributed by atoms with Crippen LogP contribution in [0.2, 0.25) is 0 Å². The number of carbonyl (C=O) groups excluding carboxylic acids is 2. The number of nitrogens with one attached hydrogen (secondary N) is 2. The molecule has 5 fully saturated rings. The Bertz CT molecular complexity index is 1050. The number of benzene rings is 1. The minimum atomic E-state index is -3.66. The summed E-state index contributed by atoms with van der Waals surface area (Å²) in [4.78, 5) is 24.7. The van der Waals surface area contributed by atoms with Crippen molar-refractivity contribution in [3.63, 3.8) is 0 Å². The number of amides is 2. The van der Waals surface area contributed by atoms with Crippen LogP contribution in [0.5, 0.6) is 0 Å². The molecule has 1 heterocycles. The van der Waals surface area contributed by atoms with Crippen molar-refractivity contribution in [2.45, 2.75) is 68.7 Å². The van der Waals surface area contributed by atoms with Crippen LogP contribution >= 0.6 is 0 Å². The molecule has 1 aliphatic heterocycles. The first kappa shape index (κ1) is 24.5. The third kappa shape index (κ3) is 5.19. The minimum Gasteiger partial charge on any atom is -0.351 e. The predicted octanol–water partition coefficient (Wildman–Crippen LogP) is 3.48. The number of rotatable bonds is 7. The predicted molar refractivity (Wildman–Crippen MR) is 134 cm³/mol. The molecule has 7 nitrogen and oxygen atoms in total. The van der Waals surface area contributed by atoms with Crippen LogP contribution in [0.25, 0.3) is 0 Å². The zero-order valence-corrected chi connectivity index (χ0v) is 21.2. The van der Waals surface area contributed by atoms with Crippen LogP contribution < -0.4 is 10.6 Å². The van der Waals surface area contributed by atoms with Gasteiger partial charge in [0.15, 0.2) is 0 Å². The smallest absolute Gasteiger partial charge is 0.251 e. The van der Waals surface area contributed by atoms with Crippen molar-refractivity contribution in [3.05, 3.63) is 42.5 Å². The Balaban J connectivity index is 1.18. The molecule has 1 saturated heterocycles. The van der Waals surface area contributed by atoms with Crippen molar-refractivity contribution in [2.75, 3.05) is 19.6 Å². The summed E-state index contributed by atoms with van der Waals surface area (Å²) in [7, 11) is -3.66. The van der Waals surface area contributed by atoms with E-state index in [0.717, 1.165) is 30.7 Å². The maximum Gasteiger partial charge on any atom is 0.251 e. The third-order valence-electron chi connectivity index (χ3n) is 8.76. The molecule has 190 valence electrons. The molecule has 0 radical (unpaired) electrons. The molecule has 0 spiro atoms. The van der Waals surface area contributed by atoms with E-state index in [2.05, 4.69) is 17.2 Å².